The highest BCUT2D eigenvalue weighted by Crippen LogP contribution is 2.32. The molecular formula is C16H14N4O3. The van der Waals surface area contributed by atoms with Crippen LogP contribution in [0, 0.1) is 0 Å². The summed E-state index contributed by atoms with van der Waals surface area (Å²) in [5.41, 5.74) is 8.03. The second kappa shape index (κ2) is 5.20. The Hall–Kier alpha value is -3.22. The highest BCUT2D eigenvalue weighted by atomic mass is 16.7. The summed E-state index contributed by atoms with van der Waals surface area (Å²) in [5, 5.41) is 10.3. The van der Waals surface area contributed by atoms with E-state index in [1.54, 1.807) is 18.2 Å². The molecule has 0 radical (unpaired) electrons. The van der Waals surface area contributed by atoms with Crippen LogP contribution in [0.5, 0.6) is 11.5 Å². The molecule has 1 aliphatic heterocycles. The van der Waals surface area contributed by atoms with Crippen molar-refractivity contribution in [3.63, 3.8) is 0 Å². The van der Waals surface area contributed by atoms with Crippen LogP contribution < -0.4 is 20.5 Å². The molecule has 7 heteroatoms. The molecule has 3 aromatic rings. The largest absolute Gasteiger partial charge is 0.454 e. The molecule has 1 aliphatic rings. The zero-order valence-electron chi connectivity index (χ0n) is 12.1. The maximum atomic E-state index is 12.3. The molecule has 4 N–H and O–H groups in total. The normalized spacial score (nSPS) is 12.5. The van der Waals surface area contributed by atoms with Gasteiger partial charge >= 0.3 is 0 Å². The van der Waals surface area contributed by atoms with E-state index in [1.807, 2.05) is 18.2 Å². The minimum atomic E-state index is -0.176. The number of nitrogens with zero attached hydrogens (tertiary/aromatic N) is 1. The van der Waals surface area contributed by atoms with Crippen LogP contribution in [0.1, 0.15) is 15.9 Å². The van der Waals surface area contributed by atoms with Crippen LogP contribution in [0.4, 0.5) is 5.82 Å². The van der Waals surface area contributed by atoms with Gasteiger partial charge in [-0.25, -0.2) is 0 Å². The summed E-state index contributed by atoms with van der Waals surface area (Å²) >= 11 is 0. The van der Waals surface area contributed by atoms with Gasteiger partial charge in [0.1, 0.15) is 0 Å². The van der Waals surface area contributed by atoms with Gasteiger partial charge in [-0.2, -0.15) is 5.10 Å². The van der Waals surface area contributed by atoms with E-state index < -0.39 is 0 Å². The number of ether oxygens (including phenoxy) is 2. The molecule has 0 saturated heterocycles. The Kier molecular flexibility index (Phi) is 3.04. The first kappa shape index (κ1) is 13.4. The lowest BCUT2D eigenvalue weighted by Gasteiger charge is -2.06. The average Bonchev–Trinajstić information content (AvgIpc) is 3.18. The number of hydrogen-bond donors (Lipinski definition) is 3. The minimum absolute atomic E-state index is 0.176. The van der Waals surface area contributed by atoms with Crippen molar-refractivity contribution in [2.75, 3.05) is 12.5 Å². The number of rotatable bonds is 3. The Balaban J connectivity index is 1.49. The fourth-order valence-electron chi connectivity index (χ4n) is 2.51. The van der Waals surface area contributed by atoms with E-state index in [2.05, 4.69) is 15.5 Å². The summed E-state index contributed by atoms with van der Waals surface area (Å²) in [5.74, 6) is 1.63. The second-order valence-corrected chi connectivity index (χ2v) is 5.24. The van der Waals surface area contributed by atoms with Crippen molar-refractivity contribution in [3.05, 3.63) is 47.5 Å². The fraction of sp³-hybridized carbons (Fsp3) is 0.125. The highest BCUT2D eigenvalue weighted by molar-refractivity contribution is 6.00. The van der Waals surface area contributed by atoms with Gasteiger partial charge in [0.15, 0.2) is 17.3 Å². The highest BCUT2D eigenvalue weighted by Gasteiger charge is 2.14. The SMILES string of the molecule is Nc1n[nH]c2ccc(C(=O)NCc3ccc4c(c3)OCO4)cc12. The molecule has 4 rings (SSSR count). The van der Waals surface area contributed by atoms with Crippen LogP contribution >= 0.6 is 0 Å². The number of benzene rings is 2. The summed E-state index contributed by atoms with van der Waals surface area (Å²) in [6, 6.07) is 10.8. The molecule has 2 heterocycles. The number of aromatic amines is 1. The van der Waals surface area contributed by atoms with Gasteiger partial charge in [-0.05, 0) is 35.9 Å². The minimum Gasteiger partial charge on any atom is -0.454 e. The van der Waals surface area contributed by atoms with Crippen LogP contribution in [0.2, 0.25) is 0 Å². The van der Waals surface area contributed by atoms with Crippen molar-refractivity contribution in [2.24, 2.45) is 0 Å². The van der Waals surface area contributed by atoms with Crippen LogP contribution in [0.15, 0.2) is 36.4 Å². The topological polar surface area (TPSA) is 102 Å². The number of H-pyrrole nitrogens is 1. The first-order valence-electron chi connectivity index (χ1n) is 7.11. The predicted molar refractivity (Wildman–Crippen MR) is 84.2 cm³/mol. The molecule has 1 amide bonds. The van der Waals surface area contributed by atoms with Gasteiger partial charge in [0, 0.05) is 17.5 Å². The Morgan fingerprint density at radius 2 is 2.09 bits per heavy atom. The molecule has 0 atom stereocenters. The van der Waals surface area contributed by atoms with E-state index in [0.717, 1.165) is 22.2 Å². The molecule has 0 fully saturated rings. The molecule has 0 bridgehead atoms. The van der Waals surface area contributed by atoms with Crippen molar-refractivity contribution in [1.82, 2.24) is 15.5 Å². The quantitative estimate of drug-likeness (QED) is 0.684. The molecule has 23 heavy (non-hydrogen) atoms. The monoisotopic (exact) mass is 310 g/mol. The van der Waals surface area contributed by atoms with Gasteiger partial charge < -0.3 is 20.5 Å². The van der Waals surface area contributed by atoms with Gasteiger partial charge in [-0.3, -0.25) is 9.89 Å². The van der Waals surface area contributed by atoms with E-state index in [1.165, 1.54) is 0 Å². The van der Waals surface area contributed by atoms with Gasteiger partial charge in [-0.15, -0.1) is 0 Å². The van der Waals surface area contributed by atoms with Crippen LogP contribution in [-0.4, -0.2) is 22.9 Å². The lowest BCUT2D eigenvalue weighted by atomic mass is 10.1. The zero-order chi connectivity index (χ0) is 15.8. The average molecular weight is 310 g/mol. The molecular weight excluding hydrogens is 296 g/mol. The number of fused-ring (bicyclic) bond motifs is 2. The maximum Gasteiger partial charge on any atom is 0.251 e. The fourth-order valence-corrected chi connectivity index (χ4v) is 2.51. The number of nitrogen functional groups attached to an aromatic ring is 1. The first-order chi connectivity index (χ1) is 11.2. The van der Waals surface area contributed by atoms with Crippen molar-refractivity contribution >= 4 is 22.6 Å². The number of nitrogens with one attached hydrogen (secondary N) is 2. The number of aromatic nitrogens is 2. The predicted octanol–water partition coefficient (Wildman–Crippen LogP) is 1.80. The molecule has 0 aliphatic carbocycles. The molecule has 0 saturated carbocycles. The van der Waals surface area contributed by atoms with Crippen LogP contribution in [0.25, 0.3) is 10.9 Å². The number of carbonyl (C=O) groups excluding carboxylic acids is 1. The van der Waals surface area contributed by atoms with Crippen molar-refractivity contribution in [1.29, 1.82) is 0 Å². The van der Waals surface area contributed by atoms with E-state index in [0.29, 0.717) is 23.7 Å². The lowest BCUT2D eigenvalue weighted by Crippen LogP contribution is -2.22. The number of nitrogens with two attached hydrogens (primary N) is 1. The third kappa shape index (κ3) is 2.42. The Morgan fingerprint density at radius 3 is 3.00 bits per heavy atom. The summed E-state index contributed by atoms with van der Waals surface area (Å²) in [6.45, 7) is 0.631. The summed E-state index contributed by atoms with van der Waals surface area (Å²) in [7, 11) is 0. The van der Waals surface area contributed by atoms with E-state index in [4.69, 9.17) is 15.2 Å². The number of anilines is 1. The van der Waals surface area contributed by atoms with Crippen molar-refractivity contribution in [3.8, 4) is 11.5 Å². The smallest absolute Gasteiger partial charge is 0.251 e. The number of hydrogen-bond acceptors (Lipinski definition) is 5. The van der Waals surface area contributed by atoms with E-state index >= 15 is 0 Å². The third-order valence-electron chi connectivity index (χ3n) is 3.74. The molecule has 7 nitrogen and oxygen atoms in total. The Morgan fingerprint density at radius 1 is 1.22 bits per heavy atom. The second-order valence-electron chi connectivity index (χ2n) is 5.24. The van der Waals surface area contributed by atoms with Gasteiger partial charge in [0.25, 0.3) is 5.91 Å². The van der Waals surface area contributed by atoms with E-state index in [-0.39, 0.29) is 12.7 Å². The zero-order valence-corrected chi connectivity index (χ0v) is 12.1. The summed E-state index contributed by atoms with van der Waals surface area (Å²) in [6.07, 6.45) is 0. The molecule has 2 aromatic carbocycles. The molecule has 0 spiro atoms. The van der Waals surface area contributed by atoms with E-state index in [9.17, 15) is 4.79 Å². The van der Waals surface area contributed by atoms with Gasteiger partial charge in [0.05, 0.1) is 5.52 Å². The maximum absolute atomic E-state index is 12.3. The molecule has 0 unspecified atom stereocenters. The van der Waals surface area contributed by atoms with Crippen LogP contribution in [0.3, 0.4) is 0 Å². The summed E-state index contributed by atoms with van der Waals surface area (Å²) < 4.78 is 10.6. The van der Waals surface area contributed by atoms with Crippen molar-refractivity contribution < 1.29 is 14.3 Å². The molecule has 1 aromatic heterocycles. The van der Waals surface area contributed by atoms with Crippen molar-refractivity contribution in [2.45, 2.75) is 6.54 Å². The third-order valence-corrected chi connectivity index (χ3v) is 3.74. The lowest BCUT2D eigenvalue weighted by molar-refractivity contribution is 0.0951. The number of carbonyl (C=O) groups is 1. The standard InChI is InChI=1S/C16H14N4O3/c17-15-11-6-10(2-3-12(11)19-20-15)16(21)18-7-9-1-4-13-14(5-9)23-8-22-13/h1-6H,7-8H2,(H,18,21)(H3,17,19,20). The van der Waals surface area contributed by atoms with Gasteiger partial charge in [-0.1, -0.05) is 6.07 Å². The number of amides is 1. The van der Waals surface area contributed by atoms with Crippen LogP contribution in [-0.2, 0) is 6.54 Å². The Bertz CT molecular complexity index is 903. The molecule has 116 valence electrons. The first-order valence-corrected chi connectivity index (χ1v) is 7.11. The Labute approximate surface area is 131 Å². The van der Waals surface area contributed by atoms with Gasteiger partial charge in [0.2, 0.25) is 6.79 Å². The summed E-state index contributed by atoms with van der Waals surface area (Å²) in [4.78, 5) is 12.3.